The molecule has 0 spiro atoms. The van der Waals surface area contributed by atoms with Gasteiger partial charge in [0, 0.05) is 22.4 Å². The lowest BCUT2D eigenvalue weighted by Crippen LogP contribution is -1.99. The highest BCUT2D eigenvalue weighted by atomic mass is 79.9. The molecule has 2 aromatic heterocycles. The zero-order valence-corrected chi connectivity index (χ0v) is 10.7. The number of aliphatic hydroxyl groups is 1. The molecule has 1 unspecified atom stereocenters. The summed E-state index contributed by atoms with van der Waals surface area (Å²) in [6, 6.07) is 3.62. The van der Waals surface area contributed by atoms with E-state index in [1.54, 1.807) is 12.3 Å². The average Bonchev–Trinajstić information content (AvgIpc) is 2.64. The Bertz CT molecular complexity index is 474. The predicted octanol–water partition coefficient (Wildman–Crippen LogP) is 3.64. The van der Waals surface area contributed by atoms with E-state index in [9.17, 15) is 5.11 Å². The van der Waals surface area contributed by atoms with E-state index in [1.807, 2.05) is 11.4 Å². The van der Waals surface area contributed by atoms with Crippen LogP contribution in [0.25, 0.3) is 0 Å². The van der Waals surface area contributed by atoms with Crippen molar-refractivity contribution in [3.8, 4) is 0 Å². The van der Waals surface area contributed by atoms with Gasteiger partial charge in [-0.1, -0.05) is 11.6 Å². The third-order valence-corrected chi connectivity index (χ3v) is 4.23. The van der Waals surface area contributed by atoms with Gasteiger partial charge < -0.3 is 5.11 Å². The van der Waals surface area contributed by atoms with E-state index in [1.165, 1.54) is 17.5 Å². The second-order valence-electron chi connectivity index (χ2n) is 2.93. The van der Waals surface area contributed by atoms with Gasteiger partial charge in [-0.15, -0.1) is 11.3 Å². The van der Waals surface area contributed by atoms with Crippen LogP contribution in [-0.4, -0.2) is 10.1 Å². The first kappa shape index (κ1) is 11.1. The highest BCUT2D eigenvalue weighted by Gasteiger charge is 2.17. The monoisotopic (exact) mass is 303 g/mol. The summed E-state index contributed by atoms with van der Waals surface area (Å²) in [7, 11) is 0. The van der Waals surface area contributed by atoms with Crippen LogP contribution in [0.15, 0.2) is 34.4 Å². The maximum atomic E-state index is 10.1. The molecule has 78 valence electrons. The highest BCUT2D eigenvalue weighted by molar-refractivity contribution is 9.10. The van der Waals surface area contributed by atoms with Crippen molar-refractivity contribution in [2.45, 2.75) is 6.10 Å². The van der Waals surface area contributed by atoms with Crippen LogP contribution in [-0.2, 0) is 0 Å². The van der Waals surface area contributed by atoms with E-state index >= 15 is 0 Å². The van der Waals surface area contributed by atoms with Crippen LogP contribution >= 0.6 is 38.9 Å². The maximum Gasteiger partial charge on any atom is 0.116 e. The first-order valence-electron chi connectivity index (χ1n) is 4.20. The fraction of sp³-hybridized carbons (Fsp3) is 0.100. The Morgan fingerprint density at radius 2 is 2.27 bits per heavy atom. The summed E-state index contributed by atoms with van der Waals surface area (Å²) < 4.78 is 0.896. The molecular weight excluding hydrogens is 298 g/mol. The van der Waals surface area contributed by atoms with Gasteiger partial charge >= 0.3 is 0 Å². The van der Waals surface area contributed by atoms with Crippen LogP contribution < -0.4 is 0 Å². The summed E-state index contributed by atoms with van der Waals surface area (Å²) in [5.74, 6) is 0. The summed E-state index contributed by atoms with van der Waals surface area (Å²) in [6.07, 6.45) is 2.45. The van der Waals surface area contributed by atoms with Crippen LogP contribution in [0.1, 0.15) is 16.5 Å². The smallest absolute Gasteiger partial charge is 0.116 e. The van der Waals surface area contributed by atoms with Crippen molar-refractivity contribution in [2.75, 3.05) is 0 Å². The number of aliphatic hydroxyl groups excluding tert-OH is 1. The maximum absolute atomic E-state index is 10.1. The molecule has 0 radical (unpaired) electrons. The number of pyridine rings is 1. The van der Waals surface area contributed by atoms with E-state index < -0.39 is 6.10 Å². The number of hydrogen-bond acceptors (Lipinski definition) is 3. The van der Waals surface area contributed by atoms with Gasteiger partial charge in [-0.25, -0.2) is 0 Å². The largest absolute Gasteiger partial charge is 0.383 e. The van der Waals surface area contributed by atoms with Gasteiger partial charge in [0.2, 0.25) is 0 Å². The minimum atomic E-state index is -0.699. The predicted molar refractivity (Wildman–Crippen MR) is 65.3 cm³/mol. The normalized spacial score (nSPS) is 12.7. The van der Waals surface area contributed by atoms with Gasteiger partial charge in [0.1, 0.15) is 6.10 Å². The first-order chi connectivity index (χ1) is 7.20. The number of thiophene rings is 1. The third kappa shape index (κ3) is 2.23. The molecule has 0 saturated heterocycles. The van der Waals surface area contributed by atoms with E-state index in [0.29, 0.717) is 10.6 Å². The minimum absolute atomic E-state index is 0.477. The van der Waals surface area contributed by atoms with E-state index in [0.717, 1.165) is 9.35 Å². The lowest BCUT2D eigenvalue weighted by Gasteiger charge is -2.10. The summed E-state index contributed by atoms with van der Waals surface area (Å²) in [4.78, 5) is 4.73. The standard InChI is InChI=1S/C10H7BrClNOS/c11-7-2-4-15-10(7)9(14)6-1-3-13-5-8(6)12/h1-5,9,14H. The Kier molecular flexibility index (Phi) is 3.41. The lowest BCUT2D eigenvalue weighted by atomic mass is 10.1. The molecule has 0 bridgehead atoms. The molecule has 0 aromatic carbocycles. The summed E-state index contributed by atoms with van der Waals surface area (Å²) in [5, 5.41) is 12.5. The molecule has 15 heavy (non-hydrogen) atoms. The van der Waals surface area contributed by atoms with Crippen LogP contribution in [0.2, 0.25) is 5.02 Å². The van der Waals surface area contributed by atoms with Crippen molar-refractivity contribution >= 4 is 38.9 Å². The summed E-state index contributed by atoms with van der Waals surface area (Å²) in [5.41, 5.74) is 0.676. The Morgan fingerprint density at radius 1 is 1.47 bits per heavy atom. The molecule has 0 aliphatic rings. The number of hydrogen-bond donors (Lipinski definition) is 1. The van der Waals surface area contributed by atoms with Crippen molar-refractivity contribution in [3.63, 3.8) is 0 Å². The molecule has 0 aliphatic carbocycles. The number of rotatable bonds is 2. The zero-order valence-electron chi connectivity index (χ0n) is 7.52. The van der Waals surface area contributed by atoms with E-state index in [2.05, 4.69) is 20.9 Å². The lowest BCUT2D eigenvalue weighted by molar-refractivity contribution is 0.223. The van der Waals surface area contributed by atoms with Gasteiger partial charge in [-0.05, 0) is 33.4 Å². The van der Waals surface area contributed by atoms with Crippen LogP contribution in [0.4, 0.5) is 0 Å². The molecule has 0 amide bonds. The molecule has 2 aromatic rings. The molecule has 0 aliphatic heterocycles. The van der Waals surface area contributed by atoms with Gasteiger partial charge in [0.25, 0.3) is 0 Å². The SMILES string of the molecule is OC(c1ccncc1Cl)c1sccc1Br. The fourth-order valence-corrected chi connectivity index (χ4v) is 3.06. The van der Waals surface area contributed by atoms with Crippen LogP contribution in [0.3, 0.4) is 0 Å². The molecular formula is C10H7BrClNOS. The number of nitrogens with zero attached hydrogens (tertiary/aromatic N) is 1. The number of halogens is 2. The van der Waals surface area contributed by atoms with Gasteiger partial charge in [-0.2, -0.15) is 0 Å². The van der Waals surface area contributed by atoms with Crippen molar-refractivity contribution in [1.29, 1.82) is 0 Å². The molecule has 1 N–H and O–H groups in total. The van der Waals surface area contributed by atoms with Crippen molar-refractivity contribution < 1.29 is 5.11 Å². The Hall–Kier alpha value is -0.420. The quantitative estimate of drug-likeness (QED) is 0.919. The average molecular weight is 305 g/mol. The van der Waals surface area contributed by atoms with Crippen molar-refractivity contribution in [3.05, 3.63) is 49.8 Å². The topological polar surface area (TPSA) is 33.1 Å². The molecule has 0 saturated carbocycles. The van der Waals surface area contributed by atoms with Crippen LogP contribution in [0, 0.1) is 0 Å². The van der Waals surface area contributed by atoms with Crippen LogP contribution in [0.5, 0.6) is 0 Å². The third-order valence-electron chi connectivity index (χ3n) is 1.99. The zero-order chi connectivity index (χ0) is 10.8. The Labute approximate surface area is 105 Å². The van der Waals surface area contributed by atoms with Crippen molar-refractivity contribution in [2.24, 2.45) is 0 Å². The van der Waals surface area contributed by atoms with E-state index in [4.69, 9.17) is 11.6 Å². The molecule has 1 atom stereocenters. The minimum Gasteiger partial charge on any atom is -0.383 e. The molecule has 2 heterocycles. The summed E-state index contributed by atoms with van der Waals surface area (Å²) >= 11 is 10.8. The second-order valence-corrected chi connectivity index (χ2v) is 5.14. The van der Waals surface area contributed by atoms with Crippen molar-refractivity contribution in [1.82, 2.24) is 4.98 Å². The highest BCUT2D eigenvalue weighted by Crippen LogP contribution is 2.35. The van der Waals surface area contributed by atoms with E-state index in [-0.39, 0.29) is 0 Å². The molecule has 0 fully saturated rings. The molecule has 2 nitrogen and oxygen atoms in total. The van der Waals surface area contributed by atoms with Gasteiger partial charge in [-0.3, -0.25) is 4.98 Å². The fourth-order valence-electron chi connectivity index (χ4n) is 1.25. The molecule has 5 heteroatoms. The number of aromatic nitrogens is 1. The second kappa shape index (κ2) is 4.61. The molecule has 2 rings (SSSR count). The first-order valence-corrected chi connectivity index (χ1v) is 6.25. The Balaban J connectivity index is 2.41. The van der Waals surface area contributed by atoms with Gasteiger partial charge in [0.15, 0.2) is 0 Å². The Morgan fingerprint density at radius 3 is 2.87 bits per heavy atom. The summed E-state index contributed by atoms with van der Waals surface area (Å²) in [6.45, 7) is 0. The van der Waals surface area contributed by atoms with Gasteiger partial charge in [0.05, 0.1) is 9.90 Å².